The Morgan fingerprint density at radius 2 is 1.95 bits per heavy atom. The van der Waals surface area contributed by atoms with Crippen molar-refractivity contribution in [2.24, 2.45) is 0 Å². The van der Waals surface area contributed by atoms with Gasteiger partial charge in [0, 0.05) is 26.5 Å². The second-order valence-corrected chi connectivity index (χ2v) is 4.36. The molecule has 0 aliphatic carbocycles. The first-order chi connectivity index (χ1) is 10.6. The predicted molar refractivity (Wildman–Crippen MR) is 82.4 cm³/mol. The van der Waals surface area contributed by atoms with Gasteiger partial charge in [-0.1, -0.05) is 6.92 Å². The molecular formula is C16H23NO5. The summed E-state index contributed by atoms with van der Waals surface area (Å²) in [7, 11) is 4.59. The number of hydrogen-bond acceptors (Lipinski definition) is 6. The van der Waals surface area contributed by atoms with Crippen LogP contribution in [0.1, 0.15) is 37.7 Å². The fraction of sp³-hybridized carbons (Fsp3) is 0.500. The Morgan fingerprint density at radius 3 is 2.45 bits per heavy atom. The van der Waals surface area contributed by atoms with Gasteiger partial charge in [-0.05, 0) is 30.5 Å². The summed E-state index contributed by atoms with van der Waals surface area (Å²) < 4.78 is 20.9. The molecule has 0 saturated heterocycles. The first-order valence-electron chi connectivity index (χ1n) is 7.08. The van der Waals surface area contributed by atoms with E-state index in [1.807, 2.05) is 6.92 Å². The van der Waals surface area contributed by atoms with Gasteiger partial charge in [-0.3, -0.25) is 0 Å². The van der Waals surface area contributed by atoms with Crippen LogP contribution in [-0.2, 0) is 19.0 Å². The van der Waals surface area contributed by atoms with E-state index in [-0.39, 0.29) is 5.97 Å². The van der Waals surface area contributed by atoms with Crippen molar-refractivity contribution in [1.29, 1.82) is 0 Å². The average molecular weight is 309 g/mol. The van der Waals surface area contributed by atoms with Gasteiger partial charge in [-0.15, -0.1) is 0 Å². The molecule has 0 saturated carbocycles. The molecule has 1 aromatic rings. The zero-order chi connectivity index (χ0) is 16.5. The van der Waals surface area contributed by atoms with Crippen LogP contribution in [0.2, 0.25) is 0 Å². The first kappa shape index (κ1) is 18.1. The van der Waals surface area contributed by atoms with Crippen LogP contribution in [0.15, 0.2) is 18.3 Å². The highest BCUT2D eigenvalue weighted by Gasteiger charge is 2.22. The fourth-order valence-corrected chi connectivity index (χ4v) is 2.15. The monoisotopic (exact) mass is 309 g/mol. The predicted octanol–water partition coefficient (Wildman–Crippen LogP) is 2.74. The van der Waals surface area contributed by atoms with Gasteiger partial charge in [0.05, 0.1) is 19.3 Å². The van der Waals surface area contributed by atoms with Crippen LogP contribution in [0.5, 0.6) is 5.88 Å². The first-order valence-corrected chi connectivity index (χ1v) is 7.08. The molecule has 0 radical (unpaired) electrons. The second-order valence-electron chi connectivity index (χ2n) is 4.36. The number of allylic oxidation sites excluding steroid dienone is 1. The molecule has 1 heterocycles. The topological polar surface area (TPSA) is 66.9 Å². The third-order valence-corrected chi connectivity index (χ3v) is 3.12. The molecule has 0 bridgehead atoms. The van der Waals surface area contributed by atoms with Gasteiger partial charge in [-0.25, -0.2) is 9.78 Å². The second kappa shape index (κ2) is 9.17. The molecule has 0 fully saturated rings. The molecule has 22 heavy (non-hydrogen) atoms. The zero-order valence-corrected chi connectivity index (χ0v) is 13.7. The molecule has 0 aliphatic rings. The number of methoxy groups -OCH3 is 3. The molecule has 122 valence electrons. The van der Waals surface area contributed by atoms with Gasteiger partial charge in [0.2, 0.25) is 5.88 Å². The molecule has 0 spiro atoms. The SMILES string of the molecule is CCOC(=O)C=C(CC)c1ccnc(OC)c1C(OC)OC. The minimum absolute atomic E-state index is 0.331. The normalized spacial score (nSPS) is 11.6. The molecule has 0 amide bonds. The molecular weight excluding hydrogens is 286 g/mol. The number of carbonyl (C=O) groups is 1. The summed E-state index contributed by atoms with van der Waals surface area (Å²) in [5.74, 6) is 0.0156. The average Bonchev–Trinajstić information content (AvgIpc) is 2.54. The van der Waals surface area contributed by atoms with Gasteiger partial charge >= 0.3 is 5.97 Å². The number of rotatable bonds is 8. The summed E-state index contributed by atoms with van der Waals surface area (Å²) in [5.41, 5.74) is 2.23. The summed E-state index contributed by atoms with van der Waals surface area (Å²) in [4.78, 5) is 15.9. The van der Waals surface area contributed by atoms with Gasteiger partial charge in [0.25, 0.3) is 0 Å². The van der Waals surface area contributed by atoms with Crippen molar-refractivity contribution < 1.29 is 23.7 Å². The highest BCUT2D eigenvalue weighted by atomic mass is 16.7. The highest BCUT2D eigenvalue weighted by Crippen LogP contribution is 2.34. The third kappa shape index (κ3) is 4.29. The van der Waals surface area contributed by atoms with E-state index in [1.54, 1.807) is 19.2 Å². The number of esters is 1. The Hall–Kier alpha value is -1.92. The Labute approximate surface area is 131 Å². The van der Waals surface area contributed by atoms with E-state index in [0.29, 0.717) is 24.5 Å². The largest absolute Gasteiger partial charge is 0.481 e. The fourth-order valence-electron chi connectivity index (χ4n) is 2.15. The Balaban J connectivity index is 3.40. The van der Waals surface area contributed by atoms with Crippen LogP contribution in [0.4, 0.5) is 0 Å². The lowest BCUT2D eigenvalue weighted by Crippen LogP contribution is -2.11. The van der Waals surface area contributed by atoms with Crippen molar-refractivity contribution in [3.63, 3.8) is 0 Å². The number of ether oxygens (including phenoxy) is 4. The highest BCUT2D eigenvalue weighted by molar-refractivity contribution is 5.92. The lowest BCUT2D eigenvalue weighted by Gasteiger charge is -2.20. The molecule has 0 unspecified atom stereocenters. The van der Waals surface area contributed by atoms with E-state index in [1.165, 1.54) is 27.4 Å². The quantitative estimate of drug-likeness (QED) is 0.418. The van der Waals surface area contributed by atoms with Crippen molar-refractivity contribution in [2.75, 3.05) is 27.9 Å². The van der Waals surface area contributed by atoms with Crippen molar-refractivity contribution in [3.05, 3.63) is 29.5 Å². The van der Waals surface area contributed by atoms with Gasteiger partial charge in [0.1, 0.15) is 0 Å². The number of nitrogens with zero attached hydrogens (tertiary/aromatic N) is 1. The standard InChI is InChI=1S/C16H23NO5/c1-6-11(10-13(18)22-7-2)12-8-9-17-15(19-3)14(12)16(20-4)21-5/h8-10,16H,6-7H2,1-5H3. The van der Waals surface area contributed by atoms with Crippen molar-refractivity contribution >= 4 is 11.5 Å². The third-order valence-electron chi connectivity index (χ3n) is 3.12. The van der Waals surface area contributed by atoms with Crippen LogP contribution in [-0.4, -0.2) is 38.9 Å². The molecule has 6 heteroatoms. The Kier molecular flexibility index (Phi) is 7.56. The van der Waals surface area contributed by atoms with E-state index in [9.17, 15) is 4.79 Å². The van der Waals surface area contributed by atoms with E-state index >= 15 is 0 Å². The summed E-state index contributed by atoms with van der Waals surface area (Å²) in [6.45, 7) is 4.05. The molecule has 1 aromatic heterocycles. The maximum absolute atomic E-state index is 11.8. The van der Waals surface area contributed by atoms with Gasteiger partial charge < -0.3 is 18.9 Å². The molecule has 1 rings (SSSR count). The minimum atomic E-state index is -0.643. The lowest BCUT2D eigenvalue weighted by atomic mass is 9.98. The van der Waals surface area contributed by atoms with Crippen molar-refractivity contribution in [3.8, 4) is 5.88 Å². The van der Waals surface area contributed by atoms with Crippen LogP contribution in [0.3, 0.4) is 0 Å². The van der Waals surface area contributed by atoms with Gasteiger partial charge in [0.15, 0.2) is 6.29 Å². The van der Waals surface area contributed by atoms with Gasteiger partial charge in [-0.2, -0.15) is 0 Å². The van der Waals surface area contributed by atoms with Crippen LogP contribution >= 0.6 is 0 Å². The lowest BCUT2D eigenvalue weighted by molar-refractivity contribution is -0.137. The number of hydrogen-bond donors (Lipinski definition) is 0. The van der Waals surface area contributed by atoms with Crippen LogP contribution in [0.25, 0.3) is 5.57 Å². The van der Waals surface area contributed by atoms with Crippen molar-refractivity contribution in [1.82, 2.24) is 4.98 Å². The van der Waals surface area contributed by atoms with Crippen molar-refractivity contribution in [2.45, 2.75) is 26.6 Å². The molecule has 6 nitrogen and oxygen atoms in total. The molecule has 0 aliphatic heterocycles. The molecule has 0 atom stereocenters. The number of aromatic nitrogens is 1. The minimum Gasteiger partial charge on any atom is -0.481 e. The molecule has 0 aromatic carbocycles. The Bertz CT molecular complexity index is 523. The summed E-state index contributed by atoms with van der Waals surface area (Å²) in [6.07, 6.45) is 3.09. The van der Waals surface area contributed by atoms with Crippen LogP contribution < -0.4 is 4.74 Å². The molecule has 0 N–H and O–H groups in total. The van der Waals surface area contributed by atoms with E-state index < -0.39 is 6.29 Å². The summed E-state index contributed by atoms with van der Waals surface area (Å²) in [5, 5.41) is 0. The Morgan fingerprint density at radius 1 is 1.27 bits per heavy atom. The van der Waals surface area contributed by atoms with E-state index in [2.05, 4.69) is 4.98 Å². The number of carbonyl (C=O) groups excluding carboxylic acids is 1. The van der Waals surface area contributed by atoms with Crippen LogP contribution in [0, 0.1) is 0 Å². The maximum atomic E-state index is 11.8. The van der Waals surface area contributed by atoms with E-state index in [4.69, 9.17) is 18.9 Å². The summed E-state index contributed by atoms with van der Waals surface area (Å²) in [6, 6.07) is 1.80. The zero-order valence-electron chi connectivity index (χ0n) is 13.7. The van der Waals surface area contributed by atoms with E-state index in [0.717, 1.165) is 11.1 Å². The number of pyridine rings is 1. The maximum Gasteiger partial charge on any atom is 0.331 e. The summed E-state index contributed by atoms with van der Waals surface area (Å²) >= 11 is 0. The smallest absolute Gasteiger partial charge is 0.331 e.